The van der Waals surface area contributed by atoms with Gasteiger partial charge in [0.25, 0.3) is 5.91 Å². The Morgan fingerprint density at radius 2 is 2.18 bits per heavy atom. The Bertz CT molecular complexity index is 1120. The number of nitrogens with one attached hydrogen (secondary N) is 1. The molecule has 0 saturated carbocycles. The first-order valence-corrected chi connectivity index (χ1v) is 8.43. The summed E-state index contributed by atoms with van der Waals surface area (Å²) in [5.74, 6) is 1.01. The predicted octanol–water partition coefficient (Wildman–Crippen LogP) is 1.86. The van der Waals surface area contributed by atoms with E-state index >= 15 is 0 Å². The average molecular weight is 379 g/mol. The number of fused-ring (bicyclic) bond motifs is 1. The second-order valence-electron chi connectivity index (χ2n) is 6.01. The predicted molar refractivity (Wildman–Crippen MR) is 99.6 cm³/mol. The number of hydrogen-bond donors (Lipinski definition) is 2. The number of furan rings is 1. The van der Waals surface area contributed by atoms with E-state index in [2.05, 4.69) is 25.4 Å². The second kappa shape index (κ2) is 6.99. The monoisotopic (exact) mass is 379 g/mol. The summed E-state index contributed by atoms with van der Waals surface area (Å²) in [5.41, 5.74) is 7.30. The molecular formula is C18H17N7O3. The third-order valence-electron chi connectivity index (χ3n) is 4.14. The fourth-order valence-electron chi connectivity index (χ4n) is 2.66. The highest BCUT2D eigenvalue weighted by molar-refractivity contribution is 5.93. The Labute approximate surface area is 159 Å². The molecule has 0 bridgehead atoms. The zero-order valence-corrected chi connectivity index (χ0v) is 15.2. The number of carbonyl (C=O) groups excluding carboxylic acids is 1. The molecule has 10 heteroatoms. The minimum Gasteiger partial charge on any atom is -0.481 e. The number of carbonyl (C=O) groups is 1. The molecule has 0 aromatic carbocycles. The highest BCUT2D eigenvalue weighted by atomic mass is 16.5. The first kappa shape index (κ1) is 17.5. The van der Waals surface area contributed by atoms with Crippen LogP contribution in [-0.2, 0) is 0 Å². The molecule has 10 nitrogen and oxygen atoms in total. The van der Waals surface area contributed by atoms with Gasteiger partial charge in [0.2, 0.25) is 17.7 Å². The molecule has 3 N–H and O–H groups in total. The quantitative estimate of drug-likeness (QED) is 0.537. The van der Waals surface area contributed by atoms with Crippen LogP contribution in [0.25, 0.3) is 17.2 Å². The zero-order valence-electron chi connectivity index (χ0n) is 15.2. The van der Waals surface area contributed by atoms with Gasteiger partial charge in [-0.05, 0) is 24.6 Å². The van der Waals surface area contributed by atoms with Gasteiger partial charge in [-0.1, -0.05) is 6.07 Å². The van der Waals surface area contributed by atoms with Crippen LogP contribution in [0.5, 0.6) is 5.88 Å². The Balaban J connectivity index is 1.58. The minimum absolute atomic E-state index is 0.0479. The standard InChI is InChI=1S/C18H17N7O3/c1-10(11-5-6-15(27-2)20-9-11)21-17(26)12-8-14-23-16(13-4-3-7-28-13)24-25(14)18(19)22-12/h3-10H,1-2H3,(H2,19,22)(H,21,26). The van der Waals surface area contributed by atoms with Gasteiger partial charge in [-0.15, -0.1) is 5.10 Å². The van der Waals surface area contributed by atoms with Crippen LogP contribution in [-0.4, -0.2) is 37.6 Å². The lowest BCUT2D eigenvalue weighted by molar-refractivity contribution is 0.0935. The highest BCUT2D eigenvalue weighted by Gasteiger charge is 2.18. The van der Waals surface area contributed by atoms with E-state index in [4.69, 9.17) is 14.9 Å². The number of hydrogen-bond acceptors (Lipinski definition) is 8. The van der Waals surface area contributed by atoms with Crippen molar-refractivity contribution in [3.63, 3.8) is 0 Å². The molecule has 0 radical (unpaired) electrons. The average Bonchev–Trinajstić information content (AvgIpc) is 3.37. The lowest BCUT2D eigenvalue weighted by Gasteiger charge is -2.14. The first-order valence-electron chi connectivity index (χ1n) is 8.43. The summed E-state index contributed by atoms with van der Waals surface area (Å²) >= 11 is 0. The number of rotatable bonds is 5. The third kappa shape index (κ3) is 3.22. The Morgan fingerprint density at radius 1 is 1.32 bits per heavy atom. The van der Waals surface area contributed by atoms with Crippen LogP contribution >= 0.6 is 0 Å². The van der Waals surface area contributed by atoms with Crippen LogP contribution in [0.3, 0.4) is 0 Å². The number of ether oxygens (including phenoxy) is 1. The number of aromatic nitrogens is 5. The SMILES string of the molecule is COc1ccc(C(C)NC(=O)c2cc3nc(-c4ccco4)nn3c(N)n2)cn1. The number of nitrogen functional groups attached to an aromatic ring is 1. The topological polar surface area (TPSA) is 133 Å². The van der Waals surface area contributed by atoms with Gasteiger partial charge in [0.15, 0.2) is 11.4 Å². The van der Waals surface area contributed by atoms with Crippen molar-refractivity contribution in [1.29, 1.82) is 0 Å². The number of pyridine rings is 1. The van der Waals surface area contributed by atoms with E-state index in [1.54, 1.807) is 31.5 Å². The van der Waals surface area contributed by atoms with E-state index in [-0.39, 0.29) is 23.6 Å². The van der Waals surface area contributed by atoms with Crippen molar-refractivity contribution in [3.05, 3.63) is 54.0 Å². The molecule has 0 aliphatic rings. The van der Waals surface area contributed by atoms with Crippen molar-refractivity contribution in [2.24, 2.45) is 0 Å². The molecule has 4 aromatic rings. The number of anilines is 1. The van der Waals surface area contributed by atoms with Gasteiger partial charge in [0.1, 0.15) is 5.69 Å². The van der Waals surface area contributed by atoms with Crippen LogP contribution in [0.4, 0.5) is 5.95 Å². The van der Waals surface area contributed by atoms with Crippen LogP contribution < -0.4 is 15.8 Å². The highest BCUT2D eigenvalue weighted by Crippen LogP contribution is 2.19. The second-order valence-corrected chi connectivity index (χ2v) is 6.01. The van der Waals surface area contributed by atoms with Crippen LogP contribution in [0, 0.1) is 0 Å². The Morgan fingerprint density at radius 3 is 2.86 bits per heavy atom. The van der Waals surface area contributed by atoms with Crippen molar-refractivity contribution in [3.8, 4) is 17.5 Å². The molecule has 4 rings (SSSR count). The molecule has 1 amide bonds. The van der Waals surface area contributed by atoms with E-state index in [1.807, 2.05) is 13.0 Å². The van der Waals surface area contributed by atoms with E-state index in [1.165, 1.54) is 16.8 Å². The number of nitrogens with zero attached hydrogens (tertiary/aromatic N) is 5. The van der Waals surface area contributed by atoms with Crippen molar-refractivity contribution in [2.75, 3.05) is 12.8 Å². The summed E-state index contributed by atoms with van der Waals surface area (Å²) in [6, 6.07) is 8.25. The van der Waals surface area contributed by atoms with Crippen molar-refractivity contribution >= 4 is 17.5 Å². The van der Waals surface area contributed by atoms with E-state index in [0.29, 0.717) is 23.1 Å². The molecule has 142 valence electrons. The molecule has 0 spiro atoms. The summed E-state index contributed by atoms with van der Waals surface area (Å²) < 4.78 is 11.7. The summed E-state index contributed by atoms with van der Waals surface area (Å²) in [6.07, 6.45) is 3.17. The first-order chi connectivity index (χ1) is 13.5. The van der Waals surface area contributed by atoms with Gasteiger partial charge in [-0.3, -0.25) is 4.79 Å². The molecule has 4 aromatic heterocycles. The largest absolute Gasteiger partial charge is 0.481 e. The maximum atomic E-state index is 12.6. The third-order valence-corrected chi connectivity index (χ3v) is 4.14. The molecule has 1 unspecified atom stereocenters. The van der Waals surface area contributed by atoms with E-state index < -0.39 is 0 Å². The van der Waals surface area contributed by atoms with Gasteiger partial charge < -0.3 is 20.2 Å². The zero-order chi connectivity index (χ0) is 19.7. The summed E-state index contributed by atoms with van der Waals surface area (Å²) in [4.78, 5) is 25.3. The molecule has 28 heavy (non-hydrogen) atoms. The molecule has 1 atom stereocenters. The van der Waals surface area contributed by atoms with Crippen molar-refractivity contribution < 1.29 is 13.9 Å². The summed E-state index contributed by atoms with van der Waals surface area (Å²) in [6.45, 7) is 1.84. The molecule has 4 heterocycles. The number of methoxy groups -OCH3 is 1. The molecular weight excluding hydrogens is 362 g/mol. The Hall–Kier alpha value is -3.95. The number of nitrogens with two attached hydrogens (primary N) is 1. The normalized spacial score (nSPS) is 12.1. The van der Waals surface area contributed by atoms with Crippen LogP contribution in [0.2, 0.25) is 0 Å². The van der Waals surface area contributed by atoms with E-state index in [0.717, 1.165) is 5.56 Å². The van der Waals surface area contributed by atoms with E-state index in [9.17, 15) is 4.79 Å². The molecule has 0 saturated heterocycles. The van der Waals surface area contributed by atoms with Crippen molar-refractivity contribution in [1.82, 2.24) is 29.9 Å². The Kier molecular flexibility index (Phi) is 4.36. The summed E-state index contributed by atoms with van der Waals surface area (Å²) in [5, 5.41) is 7.11. The van der Waals surface area contributed by atoms with Crippen LogP contribution in [0.15, 0.2) is 47.2 Å². The maximum absolute atomic E-state index is 12.6. The fraction of sp³-hybridized carbons (Fsp3) is 0.167. The van der Waals surface area contributed by atoms with Gasteiger partial charge in [-0.2, -0.15) is 4.52 Å². The van der Waals surface area contributed by atoms with Gasteiger partial charge in [0.05, 0.1) is 19.4 Å². The summed E-state index contributed by atoms with van der Waals surface area (Å²) in [7, 11) is 1.54. The molecule has 0 aliphatic carbocycles. The fourth-order valence-corrected chi connectivity index (χ4v) is 2.66. The van der Waals surface area contributed by atoms with Crippen molar-refractivity contribution in [2.45, 2.75) is 13.0 Å². The maximum Gasteiger partial charge on any atom is 0.270 e. The lowest BCUT2D eigenvalue weighted by Crippen LogP contribution is -2.28. The van der Waals surface area contributed by atoms with Gasteiger partial charge >= 0.3 is 0 Å². The van der Waals surface area contributed by atoms with Gasteiger partial charge in [-0.25, -0.2) is 15.0 Å². The number of amides is 1. The lowest BCUT2D eigenvalue weighted by atomic mass is 10.1. The minimum atomic E-state index is -0.389. The smallest absolute Gasteiger partial charge is 0.270 e. The van der Waals surface area contributed by atoms with Crippen LogP contribution in [0.1, 0.15) is 29.0 Å². The molecule has 0 fully saturated rings. The van der Waals surface area contributed by atoms with Gasteiger partial charge in [0, 0.05) is 18.3 Å². The molecule has 0 aliphatic heterocycles.